The van der Waals surface area contributed by atoms with Crippen molar-refractivity contribution in [3.05, 3.63) is 35.9 Å². The molecule has 3 aromatic rings. The van der Waals surface area contributed by atoms with Gasteiger partial charge in [0.15, 0.2) is 5.65 Å². The highest BCUT2D eigenvalue weighted by Crippen LogP contribution is 2.31. The molecule has 2 aliphatic rings. The average molecular weight is 549 g/mol. The topological polar surface area (TPSA) is 84.9 Å². The molecule has 2 aromatic heterocycles. The number of aromatic nitrogens is 3. The van der Waals surface area contributed by atoms with Gasteiger partial charge < -0.3 is 29.3 Å². The molecule has 3 atom stereocenters. The Kier molecular flexibility index (Phi) is 9.03. The van der Waals surface area contributed by atoms with Crippen LogP contribution in [0.2, 0.25) is 0 Å². The molecule has 9 heteroatoms. The molecule has 0 spiro atoms. The van der Waals surface area contributed by atoms with E-state index in [0.717, 1.165) is 72.9 Å². The third-order valence-corrected chi connectivity index (χ3v) is 7.58. The molecule has 1 aromatic carbocycles. The molecule has 0 radical (unpaired) electrons. The third-order valence-electron chi connectivity index (χ3n) is 7.58. The Balaban J connectivity index is 1.51. The summed E-state index contributed by atoms with van der Waals surface area (Å²) in [4.78, 5) is 19.7. The highest BCUT2D eigenvalue weighted by Gasteiger charge is 2.27. The molecule has 9 nitrogen and oxygen atoms in total. The van der Waals surface area contributed by atoms with E-state index in [0.29, 0.717) is 36.8 Å². The first-order valence-electron chi connectivity index (χ1n) is 14.6. The van der Waals surface area contributed by atoms with E-state index >= 15 is 0 Å². The number of hydrogen-bond acceptors (Lipinski definition) is 9. The second-order valence-corrected chi connectivity index (χ2v) is 11.6. The highest BCUT2D eigenvalue weighted by molar-refractivity contribution is 5.90. The fourth-order valence-electron chi connectivity index (χ4n) is 5.79. The number of rotatable bonds is 9. The Bertz CT molecular complexity index is 1290. The molecule has 0 amide bonds. The standard InChI is InChI=1S/C31H44N6O3/c1-20(2)15-21(3)32-17-25-16-24(7-10-28(25)38-6)27-9-8-26-29(33-27)34-31(37-18-22(4)40-23(5)19-37)35-30(26)36-11-13-39-14-12-36/h7-10,16,20-23,32H,11-15,17-19H2,1-6H3. The normalized spacial score (nSPS) is 20.8. The van der Waals surface area contributed by atoms with Crippen molar-refractivity contribution in [1.29, 1.82) is 0 Å². The number of methoxy groups -OCH3 is 1. The molecule has 40 heavy (non-hydrogen) atoms. The van der Waals surface area contributed by atoms with Crippen molar-refractivity contribution in [2.45, 2.75) is 65.8 Å². The maximum Gasteiger partial charge on any atom is 0.229 e. The first-order valence-corrected chi connectivity index (χ1v) is 14.6. The van der Waals surface area contributed by atoms with Gasteiger partial charge in [-0.3, -0.25) is 0 Å². The van der Waals surface area contributed by atoms with Crippen molar-refractivity contribution >= 4 is 22.8 Å². The van der Waals surface area contributed by atoms with Crippen molar-refractivity contribution in [3.63, 3.8) is 0 Å². The van der Waals surface area contributed by atoms with Gasteiger partial charge in [0.1, 0.15) is 11.6 Å². The summed E-state index contributed by atoms with van der Waals surface area (Å²) in [7, 11) is 1.73. The van der Waals surface area contributed by atoms with Crippen LogP contribution in [0.5, 0.6) is 5.75 Å². The van der Waals surface area contributed by atoms with E-state index < -0.39 is 0 Å². The van der Waals surface area contributed by atoms with Crippen LogP contribution in [-0.4, -0.2) is 79.7 Å². The van der Waals surface area contributed by atoms with Crippen LogP contribution >= 0.6 is 0 Å². The molecular formula is C31H44N6O3. The van der Waals surface area contributed by atoms with E-state index in [1.807, 2.05) is 6.07 Å². The largest absolute Gasteiger partial charge is 0.496 e. The molecule has 3 unspecified atom stereocenters. The minimum atomic E-state index is 0.115. The molecule has 4 heterocycles. The Morgan fingerprint density at radius 1 is 0.975 bits per heavy atom. The summed E-state index contributed by atoms with van der Waals surface area (Å²) < 4.78 is 17.3. The summed E-state index contributed by atoms with van der Waals surface area (Å²) in [5, 5.41) is 4.62. The number of anilines is 2. The molecule has 0 saturated carbocycles. The van der Waals surface area contributed by atoms with Gasteiger partial charge in [-0.1, -0.05) is 13.8 Å². The molecule has 0 bridgehead atoms. The van der Waals surface area contributed by atoms with Gasteiger partial charge in [-0.05, 0) is 63.4 Å². The summed E-state index contributed by atoms with van der Waals surface area (Å²) >= 11 is 0. The van der Waals surface area contributed by atoms with Crippen LogP contribution in [-0.2, 0) is 16.0 Å². The van der Waals surface area contributed by atoms with Gasteiger partial charge in [0.25, 0.3) is 0 Å². The fraction of sp³-hybridized carbons (Fsp3) is 0.581. The van der Waals surface area contributed by atoms with E-state index in [9.17, 15) is 0 Å². The number of morpholine rings is 2. The third kappa shape index (κ3) is 6.65. The van der Waals surface area contributed by atoms with Crippen molar-refractivity contribution in [2.24, 2.45) is 5.92 Å². The molecule has 0 aliphatic carbocycles. The van der Waals surface area contributed by atoms with Crippen LogP contribution in [0.4, 0.5) is 11.8 Å². The van der Waals surface area contributed by atoms with Crippen LogP contribution in [0.15, 0.2) is 30.3 Å². The molecule has 5 rings (SSSR count). The SMILES string of the molecule is COc1ccc(-c2ccc3c(N4CCOCC4)nc(N4CC(C)OC(C)C4)nc3n2)cc1CNC(C)CC(C)C. The summed E-state index contributed by atoms with van der Waals surface area (Å²) in [6.07, 6.45) is 1.36. The zero-order chi connectivity index (χ0) is 28.2. The zero-order valence-corrected chi connectivity index (χ0v) is 24.8. The number of nitrogens with one attached hydrogen (secondary N) is 1. The molecule has 2 fully saturated rings. The lowest BCUT2D eigenvalue weighted by molar-refractivity contribution is -0.00570. The zero-order valence-electron chi connectivity index (χ0n) is 24.8. The second kappa shape index (κ2) is 12.7. The number of hydrogen-bond donors (Lipinski definition) is 1. The highest BCUT2D eigenvalue weighted by atomic mass is 16.5. The van der Waals surface area contributed by atoms with Gasteiger partial charge in [-0.25, -0.2) is 4.98 Å². The van der Waals surface area contributed by atoms with Crippen LogP contribution < -0.4 is 19.9 Å². The van der Waals surface area contributed by atoms with Crippen molar-refractivity contribution in [2.75, 3.05) is 56.3 Å². The molecule has 2 saturated heterocycles. The van der Waals surface area contributed by atoms with Crippen LogP contribution in [0.1, 0.15) is 46.6 Å². The lowest BCUT2D eigenvalue weighted by Crippen LogP contribution is -2.46. The predicted molar refractivity (Wildman–Crippen MR) is 160 cm³/mol. The summed E-state index contributed by atoms with van der Waals surface area (Å²) in [6, 6.07) is 10.9. The van der Waals surface area contributed by atoms with Crippen molar-refractivity contribution < 1.29 is 14.2 Å². The minimum Gasteiger partial charge on any atom is -0.496 e. The van der Waals surface area contributed by atoms with E-state index in [2.05, 4.69) is 74.0 Å². The fourth-order valence-corrected chi connectivity index (χ4v) is 5.79. The Morgan fingerprint density at radius 2 is 1.73 bits per heavy atom. The quantitative estimate of drug-likeness (QED) is 0.410. The van der Waals surface area contributed by atoms with Crippen LogP contribution in [0.25, 0.3) is 22.3 Å². The second-order valence-electron chi connectivity index (χ2n) is 11.6. The van der Waals surface area contributed by atoms with Gasteiger partial charge >= 0.3 is 0 Å². The van der Waals surface area contributed by atoms with Crippen molar-refractivity contribution in [1.82, 2.24) is 20.3 Å². The lowest BCUT2D eigenvalue weighted by Gasteiger charge is -2.36. The molecule has 216 valence electrons. The first kappa shape index (κ1) is 28.5. The van der Waals surface area contributed by atoms with Gasteiger partial charge in [-0.15, -0.1) is 0 Å². The van der Waals surface area contributed by atoms with E-state index in [1.54, 1.807) is 7.11 Å². The maximum absolute atomic E-state index is 5.98. The Hall–Kier alpha value is -3.01. The number of pyridine rings is 1. The van der Waals surface area contributed by atoms with E-state index in [-0.39, 0.29) is 12.2 Å². The van der Waals surface area contributed by atoms with Gasteiger partial charge in [0, 0.05) is 49.9 Å². The van der Waals surface area contributed by atoms with Crippen molar-refractivity contribution in [3.8, 4) is 17.0 Å². The monoisotopic (exact) mass is 548 g/mol. The summed E-state index contributed by atoms with van der Waals surface area (Å²) in [5.74, 6) is 3.16. The molecule has 2 aliphatic heterocycles. The summed E-state index contributed by atoms with van der Waals surface area (Å²) in [5.41, 5.74) is 3.74. The smallest absolute Gasteiger partial charge is 0.229 e. The maximum atomic E-state index is 5.98. The molecule has 1 N–H and O–H groups in total. The number of ether oxygens (including phenoxy) is 3. The van der Waals surface area contributed by atoms with Crippen LogP contribution in [0.3, 0.4) is 0 Å². The minimum absolute atomic E-state index is 0.115. The van der Waals surface area contributed by atoms with Crippen LogP contribution in [0, 0.1) is 5.92 Å². The number of benzene rings is 1. The lowest BCUT2D eigenvalue weighted by atomic mass is 10.0. The predicted octanol–water partition coefficient (Wildman–Crippen LogP) is 4.67. The number of nitrogens with zero attached hydrogens (tertiary/aromatic N) is 5. The Labute approximate surface area is 238 Å². The van der Waals surface area contributed by atoms with E-state index in [1.165, 1.54) is 0 Å². The van der Waals surface area contributed by atoms with Gasteiger partial charge in [-0.2, -0.15) is 9.97 Å². The molecular weight excluding hydrogens is 504 g/mol. The van der Waals surface area contributed by atoms with Gasteiger partial charge in [0.2, 0.25) is 5.95 Å². The van der Waals surface area contributed by atoms with Gasteiger partial charge in [0.05, 0.1) is 43.6 Å². The first-order chi connectivity index (χ1) is 19.3. The van der Waals surface area contributed by atoms with E-state index in [4.69, 9.17) is 29.2 Å². The number of fused-ring (bicyclic) bond motifs is 1. The summed E-state index contributed by atoms with van der Waals surface area (Å²) in [6.45, 7) is 16.2. The Morgan fingerprint density at radius 3 is 2.42 bits per heavy atom. The average Bonchev–Trinajstić information content (AvgIpc) is 2.94.